The van der Waals surface area contributed by atoms with E-state index in [0.29, 0.717) is 22.9 Å². The normalized spacial score (nSPS) is 12.7. The molecule has 0 unspecified atom stereocenters. The minimum atomic E-state index is -0.287. The second kappa shape index (κ2) is 5.70. The lowest BCUT2D eigenvalue weighted by molar-refractivity contribution is 0.171. The highest BCUT2D eigenvalue weighted by atomic mass is 19.1. The van der Waals surface area contributed by atoms with Gasteiger partial charge in [0, 0.05) is 5.56 Å². The topological polar surface area (TPSA) is 52.1 Å². The Hall–Kier alpha value is -2.76. The molecular formula is C15H13FN2O3. The lowest BCUT2D eigenvalue weighted by Crippen LogP contribution is -1.93. The summed E-state index contributed by atoms with van der Waals surface area (Å²) < 4.78 is 28.7. The number of halogens is 1. The molecule has 0 atom stereocenters. The number of nitrogens with one attached hydrogen (secondary N) is 1. The average Bonchev–Trinajstić information content (AvgIpc) is 2.97. The minimum absolute atomic E-state index is 0.181. The molecule has 108 valence electrons. The first-order valence-corrected chi connectivity index (χ1v) is 6.28. The molecule has 3 rings (SSSR count). The van der Waals surface area contributed by atoms with Crippen molar-refractivity contribution in [3.63, 3.8) is 0 Å². The molecule has 1 heterocycles. The van der Waals surface area contributed by atoms with Crippen LogP contribution in [0.2, 0.25) is 0 Å². The summed E-state index contributed by atoms with van der Waals surface area (Å²) in [7, 11) is 1.56. The largest absolute Gasteiger partial charge is 0.493 e. The summed E-state index contributed by atoms with van der Waals surface area (Å²) in [6, 6.07) is 9.53. The van der Waals surface area contributed by atoms with Gasteiger partial charge in [0.1, 0.15) is 5.82 Å². The molecule has 0 radical (unpaired) electrons. The monoisotopic (exact) mass is 288 g/mol. The molecule has 5 nitrogen and oxygen atoms in total. The number of benzene rings is 2. The van der Waals surface area contributed by atoms with Crippen LogP contribution in [0.1, 0.15) is 5.56 Å². The van der Waals surface area contributed by atoms with E-state index < -0.39 is 0 Å². The molecular weight excluding hydrogens is 275 g/mol. The molecule has 0 aromatic heterocycles. The van der Waals surface area contributed by atoms with Crippen LogP contribution in [0.3, 0.4) is 0 Å². The van der Waals surface area contributed by atoms with Crippen LogP contribution in [0.4, 0.5) is 10.1 Å². The molecule has 0 saturated heterocycles. The SMILES string of the molecule is COc1cc(/C=N\Nc2ccc(F)cc2)cc2c1OCO2. The number of rotatable bonds is 4. The Morgan fingerprint density at radius 1 is 1.24 bits per heavy atom. The van der Waals surface area contributed by atoms with E-state index in [4.69, 9.17) is 14.2 Å². The molecule has 6 heteroatoms. The van der Waals surface area contributed by atoms with Gasteiger partial charge in [-0.1, -0.05) is 0 Å². The van der Waals surface area contributed by atoms with Crippen LogP contribution < -0.4 is 19.6 Å². The van der Waals surface area contributed by atoms with Crippen molar-refractivity contribution < 1.29 is 18.6 Å². The molecule has 0 saturated carbocycles. The van der Waals surface area contributed by atoms with Crippen LogP contribution in [-0.2, 0) is 0 Å². The number of hydrogen-bond donors (Lipinski definition) is 1. The van der Waals surface area contributed by atoms with Crippen LogP contribution in [0.15, 0.2) is 41.5 Å². The summed E-state index contributed by atoms with van der Waals surface area (Å²) >= 11 is 0. The Kier molecular flexibility index (Phi) is 3.59. The highest BCUT2D eigenvalue weighted by Crippen LogP contribution is 2.41. The van der Waals surface area contributed by atoms with Crippen LogP contribution in [-0.4, -0.2) is 20.1 Å². The lowest BCUT2D eigenvalue weighted by atomic mass is 10.2. The zero-order chi connectivity index (χ0) is 14.7. The first-order chi connectivity index (χ1) is 10.3. The number of fused-ring (bicyclic) bond motifs is 1. The second-order valence-electron chi connectivity index (χ2n) is 4.33. The Morgan fingerprint density at radius 3 is 2.81 bits per heavy atom. The van der Waals surface area contributed by atoms with Crippen molar-refractivity contribution in [2.45, 2.75) is 0 Å². The molecule has 1 N–H and O–H groups in total. The predicted molar refractivity (Wildman–Crippen MR) is 76.7 cm³/mol. The Balaban J connectivity index is 1.75. The molecule has 2 aromatic rings. The van der Waals surface area contributed by atoms with Gasteiger partial charge in [-0.05, 0) is 36.4 Å². The van der Waals surface area contributed by atoms with Crippen molar-refractivity contribution in [3.8, 4) is 17.2 Å². The van der Waals surface area contributed by atoms with Crippen molar-refractivity contribution in [2.75, 3.05) is 19.3 Å². The number of hydrogen-bond acceptors (Lipinski definition) is 5. The third-order valence-electron chi connectivity index (χ3n) is 2.93. The van der Waals surface area contributed by atoms with Crippen molar-refractivity contribution >= 4 is 11.9 Å². The van der Waals surface area contributed by atoms with Crippen molar-refractivity contribution in [1.82, 2.24) is 0 Å². The third kappa shape index (κ3) is 2.89. The van der Waals surface area contributed by atoms with Crippen molar-refractivity contribution in [2.24, 2.45) is 5.10 Å². The van der Waals surface area contributed by atoms with Crippen LogP contribution >= 0.6 is 0 Å². The van der Waals surface area contributed by atoms with E-state index in [2.05, 4.69) is 10.5 Å². The summed E-state index contributed by atoms with van der Waals surface area (Å²) in [5, 5.41) is 4.09. The van der Waals surface area contributed by atoms with Crippen molar-refractivity contribution in [3.05, 3.63) is 47.8 Å². The zero-order valence-electron chi connectivity index (χ0n) is 11.3. The molecule has 0 amide bonds. The second-order valence-corrected chi connectivity index (χ2v) is 4.33. The van der Waals surface area contributed by atoms with Gasteiger partial charge in [0.25, 0.3) is 0 Å². The molecule has 0 spiro atoms. The maximum absolute atomic E-state index is 12.8. The Bertz CT molecular complexity index is 671. The van der Waals surface area contributed by atoms with E-state index in [-0.39, 0.29) is 12.6 Å². The summed E-state index contributed by atoms with van der Waals surface area (Å²) in [4.78, 5) is 0. The van der Waals surface area contributed by atoms with E-state index in [0.717, 1.165) is 5.56 Å². The van der Waals surface area contributed by atoms with Crippen LogP contribution in [0, 0.1) is 5.82 Å². The zero-order valence-corrected chi connectivity index (χ0v) is 11.3. The van der Waals surface area contributed by atoms with E-state index in [1.54, 1.807) is 37.6 Å². The van der Waals surface area contributed by atoms with Gasteiger partial charge in [0.2, 0.25) is 12.5 Å². The van der Waals surface area contributed by atoms with Crippen LogP contribution in [0.5, 0.6) is 17.2 Å². The highest BCUT2D eigenvalue weighted by Gasteiger charge is 2.19. The maximum Gasteiger partial charge on any atom is 0.231 e. The molecule has 0 aliphatic carbocycles. The van der Waals surface area contributed by atoms with E-state index in [1.807, 2.05) is 0 Å². The van der Waals surface area contributed by atoms with E-state index in [1.165, 1.54) is 12.1 Å². The molecule has 1 aliphatic heterocycles. The summed E-state index contributed by atoms with van der Waals surface area (Å²) in [6.07, 6.45) is 1.62. The van der Waals surface area contributed by atoms with Gasteiger partial charge < -0.3 is 14.2 Å². The van der Waals surface area contributed by atoms with Gasteiger partial charge in [0.05, 0.1) is 19.0 Å². The predicted octanol–water partition coefficient (Wildman–Crippen LogP) is 3.01. The number of nitrogens with zero attached hydrogens (tertiary/aromatic N) is 1. The summed E-state index contributed by atoms with van der Waals surface area (Å²) in [5.41, 5.74) is 4.31. The summed E-state index contributed by atoms with van der Waals surface area (Å²) in [6.45, 7) is 0.181. The van der Waals surface area contributed by atoms with Crippen LogP contribution in [0.25, 0.3) is 0 Å². The van der Waals surface area contributed by atoms with Gasteiger partial charge >= 0.3 is 0 Å². The Morgan fingerprint density at radius 2 is 2.05 bits per heavy atom. The molecule has 2 aromatic carbocycles. The average molecular weight is 288 g/mol. The van der Waals surface area contributed by atoms with Gasteiger partial charge in [-0.25, -0.2) is 4.39 Å². The molecule has 1 aliphatic rings. The van der Waals surface area contributed by atoms with Gasteiger partial charge in [-0.3, -0.25) is 5.43 Å². The third-order valence-corrected chi connectivity index (χ3v) is 2.93. The highest BCUT2D eigenvalue weighted by molar-refractivity contribution is 5.83. The first-order valence-electron chi connectivity index (χ1n) is 6.28. The number of anilines is 1. The fraction of sp³-hybridized carbons (Fsp3) is 0.133. The smallest absolute Gasteiger partial charge is 0.231 e. The Labute approximate surface area is 120 Å². The standard InChI is InChI=1S/C15H13FN2O3/c1-19-13-6-10(7-14-15(13)21-9-20-14)8-17-18-12-4-2-11(16)3-5-12/h2-8,18H,9H2,1H3/b17-8-. The lowest BCUT2D eigenvalue weighted by Gasteiger charge is -2.05. The number of methoxy groups -OCH3 is 1. The van der Waals surface area contributed by atoms with Gasteiger partial charge in [0.15, 0.2) is 11.5 Å². The molecule has 0 fully saturated rings. The molecule has 0 bridgehead atoms. The first kappa shape index (κ1) is 13.2. The fourth-order valence-electron chi connectivity index (χ4n) is 1.93. The van der Waals surface area contributed by atoms with Gasteiger partial charge in [-0.15, -0.1) is 0 Å². The quantitative estimate of drug-likeness (QED) is 0.694. The number of ether oxygens (including phenoxy) is 3. The van der Waals surface area contributed by atoms with E-state index in [9.17, 15) is 4.39 Å². The van der Waals surface area contributed by atoms with Gasteiger partial charge in [-0.2, -0.15) is 5.10 Å². The fourth-order valence-corrected chi connectivity index (χ4v) is 1.93. The minimum Gasteiger partial charge on any atom is -0.493 e. The number of hydrazone groups is 1. The van der Waals surface area contributed by atoms with E-state index >= 15 is 0 Å². The van der Waals surface area contributed by atoms with Crippen molar-refractivity contribution in [1.29, 1.82) is 0 Å². The summed E-state index contributed by atoms with van der Waals surface area (Å²) in [5.74, 6) is 1.52. The maximum atomic E-state index is 12.8. The molecule has 21 heavy (non-hydrogen) atoms.